The summed E-state index contributed by atoms with van der Waals surface area (Å²) in [6.07, 6.45) is 0. The molecule has 3 rings (SSSR count). The number of fused-ring (bicyclic) bond motifs is 1. The summed E-state index contributed by atoms with van der Waals surface area (Å²) in [6.45, 7) is 2.39. The van der Waals surface area contributed by atoms with Crippen LogP contribution in [0.3, 0.4) is 0 Å². The zero-order chi connectivity index (χ0) is 18.4. The minimum Gasteiger partial charge on any atom is -0.493 e. The number of nitrogens with one attached hydrogen (secondary N) is 1. The second kappa shape index (κ2) is 8.24. The zero-order valence-corrected chi connectivity index (χ0v) is 14.3. The number of amides is 1. The topological polar surface area (TPSA) is 83.1 Å². The average Bonchev–Trinajstić information content (AvgIpc) is 3.13. The molecule has 0 saturated heterocycles. The van der Waals surface area contributed by atoms with Crippen LogP contribution in [0.4, 0.5) is 0 Å². The zero-order valence-electron chi connectivity index (χ0n) is 14.3. The molecule has 0 aliphatic carbocycles. The predicted octanol–water partition coefficient (Wildman–Crippen LogP) is 2.29. The van der Waals surface area contributed by atoms with Gasteiger partial charge in [-0.3, -0.25) is 9.59 Å². The van der Waals surface area contributed by atoms with Gasteiger partial charge in [0.25, 0.3) is 5.91 Å². The molecule has 1 N–H and O–H groups in total. The van der Waals surface area contributed by atoms with Crippen LogP contribution in [0.15, 0.2) is 42.5 Å². The van der Waals surface area contributed by atoms with Crippen molar-refractivity contribution in [3.05, 3.63) is 53.6 Å². The number of rotatable bonds is 7. The molecule has 0 saturated carbocycles. The van der Waals surface area contributed by atoms with E-state index in [0.29, 0.717) is 29.4 Å². The van der Waals surface area contributed by atoms with Crippen molar-refractivity contribution in [2.24, 2.45) is 0 Å². The fraction of sp³-hybridized carbons (Fsp3) is 0.263. The van der Waals surface area contributed by atoms with Crippen molar-refractivity contribution in [2.75, 3.05) is 19.9 Å². The Morgan fingerprint density at radius 3 is 2.77 bits per heavy atom. The highest BCUT2D eigenvalue weighted by atomic mass is 16.7. The molecule has 1 aliphatic heterocycles. The van der Waals surface area contributed by atoms with Gasteiger partial charge in [0.1, 0.15) is 18.9 Å². The smallest absolute Gasteiger partial charge is 0.325 e. The molecular formula is C19H19NO6. The van der Waals surface area contributed by atoms with Gasteiger partial charge in [0.05, 0.1) is 6.61 Å². The molecule has 2 aromatic carbocycles. The summed E-state index contributed by atoms with van der Waals surface area (Å²) in [6, 6.07) is 12.2. The van der Waals surface area contributed by atoms with Crippen LogP contribution in [0.25, 0.3) is 0 Å². The van der Waals surface area contributed by atoms with Crippen LogP contribution in [0.5, 0.6) is 17.2 Å². The van der Waals surface area contributed by atoms with Crippen molar-refractivity contribution >= 4 is 11.9 Å². The highest BCUT2D eigenvalue weighted by Gasteiger charge is 2.17. The molecule has 26 heavy (non-hydrogen) atoms. The maximum Gasteiger partial charge on any atom is 0.325 e. The van der Waals surface area contributed by atoms with Crippen LogP contribution in [0, 0.1) is 0 Å². The number of carbonyl (C=O) groups excluding carboxylic acids is 2. The molecule has 0 unspecified atom stereocenters. The van der Waals surface area contributed by atoms with E-state index >= 15 is 0 Å². The molecule has 7 heteroatoms. The third-order valence-electron chi connectivity index (χ3n) is 3.69. The standard InChI is InChI=1S/C19H19NO6/c1-2-23-15-6-4-3-5-14(15)11-24-18(21)10-20-19(22)13-7-8-16-17(9-13)26-12-25-16/h3-9H,2,10-12H2,1H3,(H,20,22). The second-order valence-corrected chi connectivity index (χ2v) is 5.45. The SMILES string of the molecule is CCOc1ccccc1COC(=O)CNC(=O)c1ccc2c(c1)OCO2. The molecule has 0 fully saturated rings. The fourth-order valence-electron chi connectivity index (χ4n) is 2.42. The molecule has 0 aromatic heterocycles. The van der Waals surface area contributed by atoms with Gasteiger partial charge in [0, 0.05) is 11.1 Å². The van der Waals surface area contributed by atoms with Gasteiger partial charge in [-0.15, -0.1) is 0 Å². The van der Waals surface area contributed by atoms with Crippen LogP contribution < -0.4 is 19.5 Å². The summed E-state index contributed by atoms with van der Waals surface area (Å²) in [7, 11) is 0. The normalized spacial score (nSPS) is 11.7. The maximum absolute atomic E-state index is 12.1. The van der Waals surface area contributed by atoms with E-state index in [0.717, 1.165) is 5.56 Å². The van der Waals surface area contributed by atoms with E-state index in [-0.39, 0.29) is 19.9 Å². The Morgan fingerprint density at radius 2 is 1.92 bits per heavy atom. The lowest BCUT2D eigenvalue weighted by molar-refractivity contribution is -0.143. The maximum atomic E-state index is 12.1. The molecule has 0 bridgehead atoms. The molecule has 2 aromatic rings. The molecular weight excluding hydrogens is 338 g/mol. The van der Waals surface area contributed by atoms with E-state index < -0.39 is 11.9 Å². The lowest BCUT2D eigenvalue weighted by Gasteiger charge is -2.11. The van der Waals surface area contributed by atoms with Gasteiger partial charge in [0.15, 0.2) is 11.5 Å². The number of para-hydroxylation sites is 1. The van der Waals surface area contributed by atoms with Crippen LogP contribution in [-0.2, 0) is 16.1 Å². The summed E-state index contributed by atoms with van der Waals surface area (Å²) in [4.78, 5) is 24.0. The summed E-state index contributed by atoms with van der Waals surface area (Å²) in [5, 5.41) is 2.52. The Kier molecular flexibility index (Phi) is 5.58. The monoisotopic (exact) mass is 357 g/mol. The molecule has 7 nitrogen and oxygen atoms in total. The van der Waals surface area contributed by atoms with Gasteiger partial charge in [-0.25, -0.2) is 0 Å². The quantitative estimate of drug-likeness (QED) is 0.766. The molecule has 1 aliphatic rings. The van der Waals surface area contributed by atoms with Gasteiger partial charge in [-0.05, 0) is 31.2 Å². The summed E-state index contributed by atoms with van der Waals surface area (Å²) in [5.41, 5.74) is 1.15. The van der Waals surface area contributed by atoms with Crippen LogP contribution in [0.1, 0.15) is 22.8 Å². The van der Waals surface area contributed by atoms with Gasteiger partial charge >= 0.3 is 5.97 Å². The summed E-state index contributed by atoms with van der Waals surface area (Å²) >= 11 is 0. The molecule has 0 spiro atoms. The van der Waals surface area contributed by atoms with E-state index in [2.05, 4.69) is 5.32 Å². The Labute approximate surface area is 150 Å². The van der Waals surface area contributed by atoms with Crippen molar-refractivity contribution in [3.63, 3.8) is 0 Å². The number of esters is 1. The Hall–Kier alpha value is -3.22. The van der Waals surface area contributed by atoms with E-state index in [4.69, 9.17) is 18.9 Å². The molecule has 1 amide bonds. The number of ether oxygens (including phenoxy) is 4. The highest BCUT2D eigenvalue weighted by Crippen LogP contribution is 2.32. The minimum absolute atomic E-state index is 0.0783. The van der Waals surface area contributed by atoms with E-state index in [1.807, 2.05) is 31.2 Å². The van der Waals surface area contributed by atoms with Gasteiger partial charge in [-0.1, -0.05) is 18.2 Å². The van der Waals surface area contributed by atoms with Gasteiger partial charge in [0.2, 0.25) is 6.79 Å². The lowest BCUT2D eigenvalue weighted by Crippen LogP contribution is -2.30. The summed E-state index contributed by atoms with van der Waals surface area (Å²) in [5.74, 6) is 0.842. The Balaban J connectivity index is 1.49. The molecule has 136 valence electrons. The van der Waals surface area contributed by atoms with E-state index in [1.54, 1.807) is 18.2 Å². The van der Waals surface area contributed by atoms with Crippen molar-refractivity contribution in [1.29, 1.82) is 0 Å². The van der Waals surface area contributed by atoms with Gasteiger partial charge < -0.3 is 24.3 Å². The van der Waals surface area contributed by atoms with Crippen molar-refractivity contribution < 1.29 is 28.5 Å². The minimum atomic E-state index is -0.537. The fourth-order valence-corrected chi connectivity index (χ4v) is 2.42. The van der Waals surface area contributed by atoms with Crippen molar-refractivity contribution in [2.45, 2.75) is 13.5 Å². The van der Waals surface area contributed by atoms with Crippen LogP contribution in [0.2, 0.25) is 0 Å². The number of benzene rings is 2. The Bertz CT molecular complexity index is 804. The first kappa shape index (κ1) is 17.6. The van der Waals surface area contributed by atoms with Crippen molar-refractivity contribution in [3.8, 4) is 17.2 Å². The molecule has 0 radical (unpaired) electrons. The Morgan fingerprint density at radius 1 is 1.12 bits per heavy atom. The molecule has 0 atom stereocenters. The lowest BCUT2D eigenvalue weighted by atomic mass is 10.2. The van der Waals surface area contributed by atoms with Crippen LogP contribution >= 0.6 is 0 Å². The van der Waals surface area contributed by atoms with Crippen LogP contribution in [-0.4, -0.2) is 31.8 Å². The first-order valence-corrected chi connectivity index (χ1v) is 8.21. The van der Waals surface area contributed by atoms with Gasteiger partial charge in [-0.2, -0.15) is 0 Å². The van der Waals surface area contributed by atoms with E-state index in [9.17, 15) is 9.59 Å². The molecule has 1 heterocycles. The highest BCUT2D eigenvalue weighted by molar-refractivity contribution is 5.96. The number of hydrogen-bond acceptors (Lipinski definition) is 6. The largest absolute Gasteiger partial charge is 0.493 e. The van der Waals surface area contributed by atoms with E-state index in [1.165, 1.54) is 0 Å². The first-order valence-electron chi connectivity index (χ1n) is 8.21. The summed E-state index contributed by atoms with van der Waals surface area (Å²) < 4.78 is 21.1. The predicted molar refractivity (Wildman–Crippen MR) is 92.3 cm³/mol. The average molecular weight is 357 g/mol. The second-order valence-electron chi connectivity index (χ2n) is 5.45. The number of hydrogen-bond donors (Lipinski definition) is 1. The van der Waals surface area contributed by atoms with Crippen molar-refractivity contribution in [1.82, 2.24) is 5.32 Å². The number of carbonyl (C=O) groups is 2. The third-order valence-corrected chi connectivity index (χ3v) is 3.69. The third kappa shape index (κ3) is 4.24. The first-order chi connectivity index (χ1) is 12.7.